The van der Waals surface area contributed by atoms with Crippen LogP contribution in [0.1, 0.15) is 5.82 Å². The molecule has 0 amide bonds. The zero-order chi connectivity index (χ0) is 17.2. The molecule has 2 N–H and O–H groups in total. The van der Waals surface area contributed by atoms with Crippen molar-refractivity contribution in [3.05, 3.63) is 60.2 Å². The van der Waals surface area contributed by atoms with Crippen LogP contribution in [0.3, 0.4) is 0 Å². The molecule has 0 aliphatic carbocycles. The number of rotatable bonds is 4. The summed E-state index contributed by atoms with van der Waals surface area (Å²) >= 11 is 0. The molecule has 6 nitrogen and oxygen atoms in total. The number of benzene rings is 2. The normalized spacial score (nSPS) is 12.1. The number of anilines is 4. The van der Waals surface area contributed by atoms with Crippen LogP contribution in [0.2, 0.25) is 0 Å². The number of fused-ring (bicyclic) bond motifs is 1. The Kier molecular flexibility index (Phi) is 3.81. The average molecular weight is 338 g/mol. The fourth-order valence-electron chi connectivity index (χ4n) is 2.52. The molecule has 0 radical (unpaired) electrons. The van der Waals surface area contributed by atoms with Crippen LogP contribution >= 0.6 is 0 Å². The molecule has 126 valence electrons. The van der Waals surface area contributed by atoms with Crippen LogP contribution in [0.5, 0.6) is 11.5 Å². The van der Waals surface area contributed by atoms with Gasteiger partial charge in [-0.2, -0.15) is 0 Å². The van der Waals surface area contributed by atoms with E-state index in [1.165, 1.54) is 6.07 Å². The number of halogens is 1. The van der Waals surface area contributed by atoms with Crippen molar-refractivity contribution in [1.29, 1.82) is 0 Å². The minimum absolute atomic E-state index is 0.224. The third-order valence-electron chi connectivity index (χ3n) is 3.62. The Morgan fingerprint density at radius 3 is 2.52 bits per heavy atom. The van der Waals surface area contributed by atoms with Gasteiger partial charge in [0.05, 0.1) is 5.69 Å². The SMILES string of the molecule is Cc1nc(Nc2ccc3c(c2)OCO3)cc(Nc2ccccc2F)n1. The predicted molar refractivity (Wildman–Crippen MR) is 92.3 cm³/mol. The number of nitrogens with one attached hydrogen (secondary N) is 2. The van der Waals surface area contributed by atoms with Crippen LogP contribution in [0, 0.1) is 12.7 Å². The zero-order valence-electron chi connectivity index (χ0n) is 13.4. The van der Waals surface area contributed by atoms with Gasteiger partial charge in [0.2, 0.25) is 6.79 Å². The number of hydrogen-bond donors (Lipinski definition) is 2. The molecule has 0 fully saturated rings. The molecule has 0 saturated heterocycles. The molecular formula is C18H15FN4O2. The maximum absolute atomic E-state index is 13.8. The van der Waals surface area contributed by atoms with Crippen LogP contribution in [-0.4, -0.2) is 16.8 Å². The molecule has 2 aromatic carbocycles. The van der Waals surface area contributed by atoms with Crippen molar-refractivity contribution in [3.8, 4) is 11.5 Å². The van der Waals surface area contributed by atoms with Gasteiger partial charge in [0.1, 0.15) is 23.3 Å². The van der Waals surface area contributed by atoms with Crippen molar-refractivity contribution in [2.24, 2.45) is 0 Å². The highest BCUT2D eigenvalue weighted by molar-refractivity contribution is 5.65. The molecule has 1 aliphatic rings. The second-order valence-electron chi connectivity index (χ2n) is 5.48. The number of aryl methyl sites for hydroxylation is 1. The van der Waals surface area contributed by atoms with Gasteiger partial charge in [0.25, 0.3) is 0 Å². The van der Waals surface area contributed by atoms with Crippen molar-refractivity contribution in [2.45, 2.75) is 6.92 Å². The predicted octanol–water partition coefficient (Wildman–Crippen LogP) is 4.14. The van der Waals surface area contributed by atoms with Crippen molar-refractivity contribution < 1.29 is 13.9 Å². The number of nitrogens with zero attached hydrogens (tertiary/aromatic N) is 2. The summed E-state index contributed by atoms with van der Waals surface area (Å²) in [6, 6.07) is 13.7. The summed E-state index contributed by atoms with van der Waals surface area (Å²) in [4.78, 5) is 8.65. The van der Waals surface area contributed by atoms with Crippen LogP contribution in [0.25, 0.3) is 0 Å². The summed E-state index contributed by atoms with van der Waals surface area (Å²) in [5, 5.41) is 6.16. The molecule has 0 saturated carbocycles. The molecule has 1 aromatic heterocycles. The molecular weight excluding hydrogens is 323 g/mol. The third-order valence-corrected chi connectivity index (χ3v) is 3.62. The standard InChI is InChI=1S/C18H15FN4O2/c1-11-20-17(22-12-6-7-15-16(8-12)25-10-24-15)9-18(21-11)23-14-5-3-2-4-13(14)19/h2-9H,10H2,1H3,(H2,20,21,22,23). The molecule has 3 aromatic rings. The summed E-state index contributed by atoms with van der Waals surface area (Å²) in [5.74, 6) is 2.70. The van der Waals surface area contributed by atoms with Crippen LogP contribution in [0.15, 0.2) is 48.5 Å². The van der Waals surface area contributed by atoms with E-state index in [1.54, 1.807) is 31.2 Å². The second-order valence-corrected chi connectivity index (χ2v) is 5.48. The largest absolute Gasteiger partial charge is 0.454 e. The lowest BCUT2D eigenvalue weighted by molar-refractivity contribution is 0.174. The van der Waals surface area contributed by atoms with E-state index in [0.717, 1.165) is 5.69 Å². The lowest BCUT2D eigenvalue weighted by Gasteiger charge is -2.11. The number of para-hydroxylation sites is 1. The first-order chi connectivity index (χ1) is 12.2. The lowest BCUT2D eigenvalue weighted by Crippen LogP contribution is -2.02. The summed E-state index contributed by atoms with van der Waals surface area (Å²) in [5.41, 5.74) is 1.16. The maximum Gasteiger partial charge on any atom is 0.231 e. The summed E-state index contributed by atoms with van der Waals surface area (Å²) in [6.07, 6.45) is 0. The van der Waals surface area contributed by atoms with Gasteiger partial charge < -0.3 is 20.1 Å². The van der Waals surface area contributed by atoms with Gasteiger partial charge in [-0.05, 0) is 31.2 Å². The molecule has 2 heterocycles. The van der Waals surface area contributed by atoms with Gasteiger partial charge in [-0.25, -0.2) is 14.4 Å². The van der Waals surface area contributed by atoms with Gasteiger partial charge in [0, 0.05) is 17.8 Å². The Hall–Kier alpha value is -3.35. The molecule has 0 spiro atoms. The summed E-state index contributed by atoms with van der Waals surface area (Å²) in [7, 11) is 0. The Morgan fingerprint density at radius 1 is 0.920 bits per heavy atom. The van der Waals surface area contributed by atoms with E-state index in [9.17, 15) is 4.39 Å². The van der Waals surface area contributed by atoms with Crippen LogP contribution in [0.4, 0.5) is 27.4 Å². The number of aromatic nitrogens is 2. The quantitative estimate of drug-likeness (QED) is 0.745. The van der Waals surface area contributed by atoms with E-state index in [2.05, 4.69) is 20.6 Å². The van der Waals surface area contributed by atoms with E-state index >= 15 is 0 Å². The van der Waals surface area contributed by atoms with Crippen molar-refractivity contribution in [1.82, 2.24) is 9.97 Å². The highest BCUT2D eigenvalue weighted by Gasteiger charge is 2.13. The third kappa shape index (κ3) is 3.30. The fourth-order valence-corrected chi connectivity index (χ4v) is 2.52. The molecule has 7 heteroatoms. The van der Waals surface area contributed by atoms with Crippen LogP contribution < -0.4 is 20.1 Å². The van der Waals surface area contributed by atoms with Gasteiger partial charge in [-0.1, -0.05) is 12.1 Å². The summed E-state index contributed by atoms with van der Waals surface area (Å²) in [6.45, 7) is 2.00. The highest BCUT2D eigenvalue weighted by atomic mass is 19.1. The first-order valence-electron chi connectivity index (χ1n) is 7.71. The minimum Gasteiger partial charge on any atom is -0.454 e. The van der Waals surface area contributed by atoms with Gasteiger partial charge in [-0.3, -0.25) is 0 Å². The first-order valence-corrected chi connectivity index (χ1v) is 7.71. The monoisotopic (exact) mass is 338 g/mol. The second kappa shape index (κ2) is 6.27. The molecule has 0 bridgehead atoms. The Labute approximate surface area is 143 Å². The van der Waals surface area contributed by atoms with Crippen molar-refractivity contribution in [3.63, 3.8) is 0 Å². The van der Waals surface area contributed by atoms with E-state index in [0.29, 0.717) is 34.6 Å². The number of ether oxygens (including phenoxy) is 2. The van der Waals surface area contributed by atoms with Gasteiger partial charge >= 0.3 is 0 Å². The zero-order valence-corrected chi connectivity index (χ0v) is 13.4. The van der Waals surface area contributed by atoms with Crippen LogP contribution in [-0.2, 0) is 0 Å². The van der Waals surface area contributed by atoms with Crippen molar-refractivity contribution >= 4 is 23.0 Å². The Balaban J connectivity index is 1.58. The Bertz CT molecular complexity index is 933. The Morgan fingerprint density at radius 2 is 1.68 bits per heavy atom. The van der Waals surface area contributed by atoms with E-state index in [1.807, 2.05) is 18.2 Å². The highest BCUT2D eigenvalue weighted by Crippen LogP contribution is 2.35. The van der Waals surface area contributed by atoms with Gasteiger partial charge in [-0.15, -0.1) is 0 Å². The average Bonchev–Trinajstić information content (AvgIpc) is 3.04. The van der Waals surface area contributed by atoms with E-state index in [4.69, 9.17) is 9.47 Å². The fraction of sp³-hybridized carbons (Fsp3) is 0.111. The smallest absolute Gasteiger partial charge is 0.231 e. The maximum atomic E-state index is 13.8. The molecule has 4 rings (SSSR count). The molecule has 25 heavy (non-hydrogen) atoms. The van der Waals surface area contributed by atoms with E-state index in [-0.39, 0.29) is 12.6 Å². The van der Waals surface area contributed by atoms with Gasteiger partial charge in [0.15, 0.2) is 11.5 Å². The van der Waals surface area contributed by atoms with Crippen molar-refractivity contribution in [2.75, 3.05) is 17.4 Å². The molecule has 0 atom stereocenters. The minimum atomic E-state index is -0.343. The number of hydrogen-bond acceptors (Lipinski definition) is 6. The first kappa shape index (κ1) is 15.2. The summed E-state index contributed by atoms with van der Waals surface area (Å²) < 4.78 is 24.5. The topological polar surface area (TPSA) is 68.3 Å². The molecule has 0 unspecified atom stereocenters. The lowest BCUT2D eigenvalue weighted by atomic mass is 10.2. The molecule has 1 aliphatic heterocycles. The van der Waals surface area contributed by atoms with E-state index < -0.39 is 0 Å².